The van der Waals surface area contributed by atoms with Gasteiger partial charge in [-0.2, -0.15) is 0 Å². The number of aromatic nitrogens is 1. The van der Waals surface area contributed by atoms with Crippen LogP contribution in [0.5, 0.6) is 0 Å². The van der Waals surface area contributed by atoms with Gasteiger partial charge in [0, 0.05) is 48.0 Å². The zero-order valence-electron chi connectivity index (χ0n) is 20.6. The van der Waals surface area contributed by atoms with Gasteiger partial charge in [-0.1, -0.05) is 39.0 Å². The number of fused-ring (bicyclic) bond motifs is 1. The molecule has 0 bridgehead atoms. The molecule has 1 fully saturated rings. The summed E-state index contributed by atoms with van der Waals surface area (Å²) in [4.78, 5) is 51.5. The largest absolute Gasteiger partial charge is 0.463 e. The van der Waals surface area contributed by atoms with Crippen LogP contribution in [0, 0.1) is 0 Å². The van der Waals surface area contributed by atoms with Crippen molar-refractivity contribution < 1.29 is 42.9 Å². The molecule has 194 valence electrons. The normalized spacial score (nSPS) is 21.8. The molecule has 0 saturated carbocycles. The van der Waals surface area contributed by atoms with Crippen molar-refractivity contribution in [1.29, 1.82) is 0 Å². The Hall–Kier alpha value is -3.66. The second kappa shape index (κ2) is 12.9. The lowest BCUT2D eigenvalue weighted by atomic mass is 10.0. The van der Waals surface area contributed by atoms with Crippen molar-refractivity contribution in [1.82, 2.24) is 4.98 Å². The van der Waals surface area contributed by atoms with Gasteiger partial charge in [0.2, 0.25) is 6.29 Å². The van der Waals surface area contributed by atoms with Crippen LogP contribution in [0.2, 0.25) is 0 Å². The van der Waals surface area contributed by atoms with Crippen molar-refractivity contribution in [2.24, 2.45) is 0 Å². The highest BCUT2D eigenvalue weighted by Crippen LogP contribution is 2.28. The molecule has 2 aromatic rings. The fourth-order valence-electron chi connectivity index (χ4n) is 3.69. The first-order valence-electron chi connectivity index (χ1n) is 12.0. The highest BCUT2D eigenvalue weighted by molar-refractivity contribution is 5.94. The number of hydrogen-bond donors (Lipinski definition) is 1. The van der Waals surface area contributed by atoms with Crippen LogP contribution >= 0.6 is 0 Å². The SMILES string of the molecule is CCC(=O)OC[C@H]1O[C@H](OC(=O)/C=C/c2c[nH]c3ccccc23)C[C@@H](OC(=O)CC)[C@@H]1OC(=O)CC. The predicted octanol–water partition coefficient (Wildman–Crippen LogP) is 3.44. The van der Waals surface area contributed by atoms with Gasteiger partial charge < -0.3 is 28.7 Å². The summed E-state index contributed by atoms with van der Waals surface area (Å²) in [6.45, 7) is 4.61. The fraction of sp³-hybridized carbons (Fsp3) is 0.462. The Morgan fingerprint density at radius 3 is 2.39 bits per heavy atom. The smallest absolute Gasteiger partial charge is 0.333 e. The molecular formula is C26H31NO9. The lowest BCUT2D eigenvalue weighted by molar-refractivity contribution is -0.260. The second-order valence-corrected chi connectivity index (χ2v) is 8.13. The molecule has 0 amide bonds. The number of carbonyl (C=O) groups excluding carboxylic acids is 4. The maximum atomic E-state index is 12.6. The summed E-state index contributed by atoms with van der Waals surface area (Å²) < 4.78 is 27.5. The summed E-state index contributed by atoms with van der Waals surface area (Å²) in [5.74, 6) is -2.22. The van der Waals surface area contributed by atoms with Gasteiger partial charge in [0.05, 0.1) is 6.42 Å². The zero-order valence-corrected chi connectivity index (χ0v) is 20.6. The highest BCUT2D eigenvalue weighted by atomic mass is 16.7. The van der Waals surface area contributed by atoms with Gasteiger partial charge in [-0.3, -0.25) is 14.4 Å². The van der Waals surface area contributed by atoms with E-state index in [4.69, 9.17) is 23.7 Å². The number of aromatic amines is 1. The van der Waals surface area contributed by atoms with Crippen LogP contribution in [-0.4, -0.2) is 60.1 Å². The van der Waals surface area contributed by atoms with E-state index >= 15 is 0 Å². The van der Waals surface area contributed by atoms with E-state index in [-0.39, 0.29) is 32.3 Å². The summed E-state index contributed by atoms with van der Waals surface area (Å²) in [6.07, 6.45) is 0.800. The van der Waals surface area contributed by atoms with Crippen molar-refractivity contribution in [3.8, 4) is 0 Å². The Morgan fingerprint density at radius 2 is 1.67 bits per heavy atom. The quantitative estimate of drug-likeness (QED) is 0.295. The van der Waals surface area contributed by atoms with Crippen LogP contribution in [0.3, 0.4) is 0 Å². The minimum Gasteiger partial charge on any atom is -0.463 e. The summed E-state index contributed by atoms with van der Waals surface area (Å²) in [7, 11) is 0. The van der Waals surface area contributed by atoms with Crippen molar-refractivity contribution in [3.63, 3.8) is 0 Å². The van der Waals surface area contributed by atoms with E-state index in [0.29, 0.717) is 0 Å². The Kier molecular flexibility index (Phi) is 9.63. The third kappa shape index (κ3) is 7.17. The molecule has 1 aliphatic rings. The number of rotatable bonds is 10. The van der Waals surface area contributed by atoms with Gasteiger partial charge in [0.25, 0.3) is 0 Å². The molecule has 1 aliphatic heterocycles. The molecule has 10 nitrogen and oxygen atoms in total. The number of benzene rings is 1. The zero-order chi connectivity index (χ0) is 26.1. The fourth-order valence-corrected chi connectivity index (χ4v) is 3.69. The van der Waals surface area contributed by atoms with Crippen LogP contribution in [0.1, 0.15) is 52.0 Å². The van der Waals surface area contributed by atoms with Gasteiger partial charge in [0.15, 0.2) is 6.10 Å². The molecule has 0 unspecified atom stereocenters. The number of esters is 4. The number of H-pyrrole nitrogens is 1. The average Bonchev–Trinajstić information content (AvgIpc) is 3.30. The molecular weight excluding hydrogens is 470 g/mol. The summed E-state index contributed by atoms with van der Waals surface area (Å²) in [6, 6.07) is 7.65. The van der Waals surface area contributed by atoms with Gasteiger partial charge in [-0.15, -0.1) is 0 Å². The predicted molar refractivity (Wildman–Crippen MR) is 128 cm³/mol. The highest BCUT2D eigenvalue weighted by Gasteiger charge is 2.45. The van der Waals surface area contributed by atoms with E-state index in [1.165, 1.54) is 6.08 Å². The van der Waals surface area contributed by atoms with Crippen LogP contribution in [0.4, 0.5) is 0 Å². The lowest BCUT2D eigenvalue weighted by Crippen LogP contribution is -2.54. The molecule has 0 spiro atoms. The van der Waals surface area contributed by atoms with Crippen molar-refractivity contribution >= 4 is 40.9 Å². The summed E-state index contributed by atoms with van der Waals surface area (Å²) in [5.41, 5.74) is 1.73. The number of para-hydroxylation sites is 1. The molecule has 0 aliphatic carbocycles. The number of ether oxygens (including phenoxy) is 5. The Balaban J connectivity index is 1.75. The topological polar surface area (TPSA) is 130 Å². The van der Waals surface area contributed by atoms with Gasteiger partial charge in [-0.05, 0) is 12.1 Å². The second-order valence-electron chi connectivity index (χ2n) is 8.13. The number of hydrogen-bond acceptors (Lipinski definition) is 9. The maximum Gasteiger partial charge on any atom is 0.333 e. The first kappa shape index (κ1) is 26.9. The third-order valence-corrected chi connectivity index (χ3v) is 5.58. The van der Waals surface area contributed by atoms with Gasteiger partial charge >= 0.3 is 23.9 Å². The summed E-state index contributed by atoms with van der Waals surface area (Å²) >= 11 is 0. The molecule has 1 aromatic carbocycles. The Bertz CT molecular complexity index is 1110. The molecule has 1 saturated heterocycles. The average molecular weight is 502 g/mol. The van der Waals surface area contributed by atoms with E-state index in [1.54, 1.807) is 33.0 Å². The molecule has 3 rings (SSSR count). The monoisotopic (exact) mass is 501 g/mol. The standard InChI is InChI=1S/C26H31NO9/c1-4-21(28)32-15-20-26(36-23(30)6-3)19(33-22(29)5-2)13-25(34-20)35-24(31)12-11-16-14-27-18-10-8-7-9-17(16)18/h7-12,14,19-20,25-27H,4-6,13,15H2,1-3H3/b12-11+/t19-,20-,25-,26+/m1/s1. The van der Waals surface area contributed by atoms with Crippen molar-refractivity contribution in [2.75, 3.05) is 6.61 Å². The van der Waals surface area contributed by atoms with E-state index in [9.17, 15) is 19.2 Å². The number of nitrogens with one attached hydrogen (secondary N) is 1. The molecule has 1 aromatic heterocycles. The Morgan fingerprint density at radius 1 is 0.972 bits per heavy atom. The molecule has 1 N–H and O–H groups in total. The minimum atomic E-state index is -1.12. The molecule has 10 heteroatoms. The van der Waals surface area contributed by atoms with Gasteiger partial charge in [0.1, 0.15) is 18.8 Å². The molecule has 36 heavy (non-hydrogen) atoms. The Labute approximate surface area is 208 Å². The molecule has 0 radical (unpaired) electrons. The summed E-state index contributed by atoms with van der Waals surface area (Å²) in [5, 5.41) is 0.945. The minimum absolute atomic E-state index is 0.0573. The van der Waals surface area contributed by atoms with Crippen molar-refractivity contribution in [2.45, 2.75) is 71.1 Å². The van der Waals surface area contributed by atoms with Crippen LogP contribution < -0.4 is 0 Å². The molecule has 2 heterocycles. The van der Waals surface area contributed by atoms with E-state index in [2.05, 4.69) is 4.98 Å². The number of carbonyl (C=O) groups is 4. The molecule has 4 atom stereocenters. The maximum absolute atomic E-state index is 12.6. The van der Waals surface area contributed by atoms with Crippen LogP contribution in [0.25, 0.3) is 17.0 Å². The van der Waals surface area contributed by atoms with E-state index in [1.807, 2.05) is 24.3 Å². The first-order valence-corrected chi connectivity index (χ1v) is 12.0. The lowest BCUT2D eigenvalue weighted by Gasteiger charge is -2.39. The first-order chi connectivity index (χ1) is 17.3. The third-order valence-electron chi connectivity index (χ3n) is 5.58. The van der Waals surface area contributed by atoms with Crippen LogP contribution in [-0.2, 0) is 42.9 Å². The van der Waals surface area contributed by atoms with Gasteiger partial charge in [-0.25, -0.2) is 4.79 Å². The van der Waals surface area contributed by atoms with Crippen molar-refractivity contribution in [3.05, 3.63) is 42.1 Å². The van der Waals surface area contributed by atoms with Crippen LogP contribution in [0.15, 0.2) is 36.5 Å². The van der Waals surface area contributed by atoms with E-state index in [0.717, 1.165) is 16.5 Å². The van der Waals surface area contributed by atoms with E-state index < -0.39 is 48.5 Å².